The maximum Gasteiger partial charge on any atom is 0.233 e. The predicted molar refractivity (Wildman–Crippen MR) is 100 cm³/mol. The fourth-order valence-electron chi connectivity index (χ4n) is 1.96. The molecule has 1 aromatic heterocycles. The van der Waals surface area contributed by atoms with E-state index >= 15 is 0 Å². The van der Waals surface area contributed by atoms with E-state index in [1.165, 1.54) is 16.8 Å². The van der Waals surface area contributed by atoms with E-state index in [9.17, 15) is 4.79 Å². The lowest BCUT2D eigenvalue weighted by Gasteiger charge is -2.13. The zero-order chi connectivity index (χ0) is 17.8. The van der Waals surface area contributed by atoms with Crippen molar-refractivity contribution in [3.05, 3.63) is 36.2 Å². The molecule has 1 heterocycles. The first-order chi connectivity index (χ1) is 11.7. The summed E-state index contributed by atoms with van der Waals surface area (Å²) in [7, 11) is 0. The van der Waals surface area contributed by atoms with Crippen molar-refractivity contribution in [3.63, 3.8) is 0 Å². The molecule has 1 unspecified atom stereocenters. The smallest absolute Gasteiger partial charge is 0.233 e. The number of hydrogen-bond donors (Lipinski definition) is 2. The van der Waals surface area contributed by atoms with Crippen LogP contribution >= 0.6 is 11.8 Å². The molecule has 7 heteroatoms. The summed E-state index contributed by atoms with van der Waals surface area (Å²) in [6.45, 7) is 6.08. The summed E-state index contributed by atoms with van der Waals surface area (Å²) >= 11 is 1.74. The second-order valence-electron chi connectivity index (χ2n) is 4.83. The highest BCUT2D eigenvalue weighted by atomic mass is 32.2. The first-order valence-electron chi connectivity index (χ1n) is 8.00. The van der Waals surface area contributed by atoms with Crippen molar-refractivity contribution in [1.82, 2.24) is 15.0 Å². The van der Waals surface area contributed by atoms with Crippen LogP contribution in [0.2, 0.25) is 0 Å². The summed E-state index contributed by atoms with van der Waals surface area (Å²) in [5.74, 6) is 0.705. The minimum absolute atomic E-state index is 0.215. The number of aromatic nitrogens is 3. The second kappa shape index (κ2) is 11.4. The number of nitrogens with zero attached hydrogens (tertiary/aromatic N) is 3. The SMILES string of the molecule is CC.CSc1ccc(CCC(C)Nc2ncnc(NC=O)n2)cc1. The summed E-state index contributed by atoms with van der Waals surface area (Å²) < 4.78 is 0. The van der Waals surface area contributed by atoms with Crippen molar-refractivity contribution in [3.8, 4) is 0 Å². The van der Waals surface area contributed by atoms with Gasteiger partial charge in [-0.15, -0.1) is 11.8 Å². The van der Waals surface area contributed by atoms with Gasteiger partial charge in [0.1, 0.15) is 6.33 Å². The Labute approximate surface area is 147 Å². The van der Waals surface area contributed by atoms with Crippen LogP contribution in [0.3, 0.4) is 0 Å². The van der Waals surface area contributed by atoms with Crippen molar-refractivity contribution in [2.24, 2.45) is 0 Å². The van der Waals surface area contributed by atoms with Crippen LogP contribution < -0.4 is 10.6 Å². The Morgan fingerprint density at radius 1 is 1.17 bits per heavy atom. The highest BCUT2D eigenvalue weighted by molar-refractivity contribution is 7.98. The van der Waals surface area contributed by atoms with Gasteiger partial charge in [0.25, 0.3) is 0 Å². The van der Waals surface area contributed by atoms with Crippen LogP contribution in [0.1, 0.15) is 32.8 Å². The standard InChI is InChI=1S/C15H19N5OS.C2H6/c1-11(3-4-12-5-7-13(22-2)8-6-12)19-15-17-9-16-14(20-15)18-10-21;1-2/h5-11H,3-4H2,1-2H3,(H2,16,17,18,19,20,21);1-2H3. The zero-order valence-corrected chi connectivity index (χ0v) is 15.4. The molecule has 0 saturated carbocycles. The fraction of sp³-hybridized carbons (Fsp3) is 0.412. The molecular weight excluding hydrogens is 322 g/mol. The van der Waals surface area contributed by atoms with E-state index in [2.05, 4.69) is 63.0 Å². The Balaban J connectivity index is 0.00000139. The number of hydrogen-bond acceptors (Lipinski definition) is 6. The molecular formula is C17H25N5OS. The topological polar surface area (TPSA) is 79.8 Å². The number of carbonyl (C=O) groups excluding carboxylic acids is 1. The average molecular weight is 347 g/mol. The lowest BCUT2D eigenvalue weighted by atomic mass is 10.1. The Morgan fingerprint density at radius 2 is 1.83 bits per heavy atom. The Bertz CT molecular complexity index is 606. The number of anilines is 2. The molecule has 2 rings (SSSR count). The lowest BCUT2D eigenvalue weighted by molar-refractivity contribution is -0.105. The summed E-state index contributed by atoms with van der Waals surface area (Å²) in [4.78, 5) is 23.6. The number of nitrogens with one attached hydrogen (secondary N) is 2. The van der Waals surface area contributed by atoms with E-state index in [1.807, 2.05) is 13.8 Å². The molecule has 0 bridgehead atoms. The van der Waals surface area contributed by atoms with Crippen molar-refractivity contribution in [2.45, 2.75) is 44.6 Å². The summed E-state index contributed by atoms with van der Waals surface area (Å²) in [5, 5.41) is 5.62. The van der Waals surface area contributed by atoms with Gasteiger partial charge >= 0.3 is 0 Å². The van der Waals surface area contributed by atoms with Gasteiger partial charge in [0.15, 0.2) is 0 Å². The molecule has 0 spiro atoms. The van der Waals surface area contributed by atoms with Crippen molar-refractivity contribution in [1.29, 1.82) is 0 Å². The molecule has 24 heavy (non-hydrogen) atoms. The van der Waals surface area contributed by atoms with E-state index in [4.69, 9.17) is 0 Å². The number of amides is 1. The average Bonchev–Trinajstić information content (AvgIpc) is 2.63. The number of benzene rings is 1. The first-order valence-corrected chi connectivity index (χ1v) is 9.22. The van der Waals surface area contributed by atoms with Crippen LogP contribution in [-0.2, 0) is 11.2 Å². The van der Waals surface area contributed by atoms with Gasteiger partial charge in [-0.2, -0.15) is 4.98 Å². The van der Waals surface area contributed by atoms with Gasteiger partial charge in [0, 0.05) is 10.9 Å². The summed E-state index contributed by atoms with van der Waals surface area (Å²) in [6, 6.07) is 8.82. The fourth-order valence-corrected chi connectivity index (χ4v) is 2.36. The molecule has 6 nitrogen and oxygen atoms in total. The van der Waals surface area contributed by atoms with E-state index in [1.54, 1.807) is 11.8 Å². The van der Waals surface area contributed by atoms with Crippen LogP contribution in [0.5, 0.6) is 0 Å². The lowest BCUT2D eigenvalue weighted by Crippen LogP contribution is -2.18. The highest BCUT2D eigenvalue weighted by Crippen LogP contribution is 2.16. The highest BCUT2D eigenvalue weighted by Gasteiger charge is 2.06. The maximum atomic E-state index is 10.4. The van der Waals surface area contributed by atoms with Gasteiger partial charge < -0.3 is 5.32 Å². The van der Waals surface area contributed by atoms with Gasteiger partial charge in [-0.05, 0) is 43.7 Å². The Hall–Kier alpha value is -2.15. The molecule has 2 aromatic rings. The van der Waals surface area contributed by atoms with Gasteiger partial charge in [-0.3, -0.25) is 10.1 Å². The molecule has 2 N–H and O–H groups in total. The Kier molecular flexibility index (Phi) is 9.45. The van der Waals surface area contributed by atoms with Crippen LogP contribution in [0.25, 0.3) is 0 Å². The molecule has 130 valence electrons. The number of carbonyl (C=O) groups is 1. The molecule has 0 aliphatic heterocycles. The van der Waals surface area contributed by atoms with Crippen molar-refractivity contribution in [2.75, 3.05) is 16.9 Å². The molecule has 0 aliphatic carbocycles. The molecule has 0 saturated heterocycles. The van der Waals surface area contributed by atoms with Gasteiger partial charge in [-0.1, -0.05) is 26.0 Å². The summed E-state index contributed by atoms with van der Waals surface area (Å²) in [5.41, 5.74) is 1.31. The van der Waals surface area contributed by atoms with E-state index in [-0.39, 0.29) is 12.0 Å². The summed E-state index contributed by atoms with van der Waals surface area (Å²) in [6.07, 6.45) is 5.92. The molecule has 1 atom stereocenters. The molecule has 0 radical (unpaired) electrons. The van der Waals surface area contributed by atoms with Gasteiger partial charge in [-0.25, -0.2) is 9.97 Å². The largest absolute Gasteiger partial charge is 0.352 e. The van der Waals surface area contributed by atoms with E-state index in [0.717, 1.165) is 12.8 Å². The third kappa shape index (κ3) is 6.95. The van der Waals surface area contributed by atoms with Gasteiger partial charge in [0.2, 0.25) is 18.3 Å². The Morgan fingerprint density at radius 3 is 2.46 bits per heavy atom. The quantitative estimate of drug-likeness (QED) is 0.561. The monoisotopic (exact) mass is 347 g/mol. The molecule has 0 fully saturated rings. The van der Waals surface area contributed by atoms with Crippen LogP contribution in [-0.4, -0.2) is 33.7 Å². The molecule has 1 amide bonds. The first kappa shape index (κ1) is 19.9. The molecule has 1 aromatic carbocycles. The van der Waals surface area contributed by atoms with Crippen LogP contribution in [0.15, 0.2) is 35.5 Å². The number of thioether (sulfide) groups is 1. The number of aryl methyl sites for hydroxylation is 1. The van der Waals surface area contributed by atoms with Gasteiger partial charge in [0.05, 0.1) is 0 Å². The number of rotatable bonds is 8. The normalized spacial score (nSPS) is 11.0. The van der Waals surface area contributed by atoms with Crippen LogP contribution in [0.4, 0.5) is 11.9 Å². The maximum absolute atomic E-state index is 10.4. The zero-order valence-electron chi connectivity index (χ0n) is 14.6. The second-order valence-corrected chi connectivity index (χ2v) is 5.71. The molecule has 0 aliphatic rings. The third-order valence-corrected chi connectivity index (χ3v) is 3.90. The minimum Gasteiger partial charge on any atom is -0.352 e. The third-order valence-electron chi connectivity index (χ3n) is 3.16. The predicted octanol–water partition coefficient (Wildman–Crippen LogP) is 3.62. The van der Waals surface area contributed by atoms with Crippen molar-refractivity contribution < 1.29 is 4.79 Å². The minimum atomic E-state index is 0.215. The van der Waals surface area contributed by atoms with Crippen LogP contribution in [0, 0.1) is 0 Å². The van der Waals surface area contributed by atoms with E-state index in [0.29, 0.717) is 12.4 Å². The van der Waals surface area contributed by atoms with Crippen molar-refractivity contribution >= 4 is 30.1 Å². The van der Waals surface area contributed by atoms with E-state index < -0.39 is 0 Å².